The number of methoxy groups -OCH3 is 2. The van der Waals surface area contributed by atoms with Crippen molar-refractivity contribution in [2.45, 2.75) is 0 Å². The predicted molar refractivity (Wildman–Crippen MR) is 85.5 cm³/mol. The molecule has 0 bridgehead atoms. The van der Waals surface area contributed by atoms with Gasteiger partial charge in [0.05, 0.1) is 30.7 Å². The van der Waals surface area contributed by atoms with Gasteiger partial charge in [0.1, 0.15) is 17.3 Å². The van der Waals surface area contributed by atoms with Crippen LogP contribution in [0.15, 0.2) is 47.3 Å². The van der Waals surface area contributed by atoms with Crippen LogP contribution in [-0.2, 0) is 7.05 Å². The van der Waals surface area contributed by atoms with Crippen molar-refractivity contribution in [1.29, 1.82) is 0 Å². The highest BCUT2D eigenvalue weighted by Gasteiger charge is 2.14. The number of hydrogen-bond donors (Lipinski definition) is 0. The quantitative estimate of drug-likeness (QED) is 0.745. The summed E-state index contributed by atoms with van der Waals surface area (Å²) in [4.78, 5) is 17.1. The third-order valence-corrected chi connectivity index (χ3v) is 3.63. The van der Waals surface area contributed by atoms with E-state index in [1.54, 1.807) is 33.4 Å². The zero-order valence-electron chi connectivity index (χ0n) is 12.7. The van der Waals surface area contributed by atoms with Gasteiger partial charge in [-0.3, -0.25) is 9.36 Å². The van der Waals surface area contributed by atoms with Crippen molar-refractivity contribution in [3.05, 3.63) is 52.8 Å². The lowest BCUT2D eigenvalue weighted by Gasteiger charge is -2.13. The Hall–Kier alpha value is -2.82. The molecule has 0 atom stereocenters. The summed E-state index contributed by atoms with van der Waals surface area (Å²) in [7, 11) is 4.89. The first-order chi connectivity index (χ1) is 10.7. The molecule has 3 aromatic rings. The Kier molecular flexibility index (Phi) is 3.55. The first-order valence-corrected chi connectivity index (χ1v) is 6.84. The molecule has 0 saturated carbocycles. The highest BCUT2D eigenvalue weighted by Crippen LogP contribution is 2.32. The maximum Gasteiger partial charge on any atom is 0.261 e. The molecule has 112 valence electrons. The molecule has 0 saturated heterocycles. The van der Waals surface area contributed by atoms with Crippen LogP contribution in [0.4, 0.5) is 0 Å². The van der Waals surface area contributed by atoms with Gasteiger partial charge >= 0.3 is 0 Å². The van der Waals surface area contributed by atoms with Gasteiger partial charge in [-0.25, -0.2) is 4.98 Å². The zero-order chi connectivity index (χ0) is 15.7. The van der Waals surface area contributed by atoms with Crippen LogP contribution in [0.1, 0.15) is 0 Å². The van der Waals surface area contributed by atoms with E-state index < -0.39 is 0 Å². The fourth-order valence-corrected chi connectivity index (χ4v) is 2.44. The van der Waals surface area contributed by atoms with Gasteiger partial charge < -0.3 is 9.47 Å². The standard InChI is InChI=1S/C17H16N2O3/c1-19-16(13-9-8-11(21-2)10-15(13)22-3)18-14-7-5-4-6-12(14)17(19)20/h4-10H,1-3H3. The van der Waals surface area contributed by atoms with Gasteiger partial charge in [0.25, 0.3) is 5.56 Å². The summed E-state index contributed by atoms with van der Waals surface area (Å²) in [5, 5.41) is 0.598. The molecule has 0 fully saturated rings. The topological polar surface area (TPSA) is 53.3 Å². The number of hydrogen-bond acceptors (Lipinski definition) is 4. The lowest BCUT2D eigenvalue weighted by Crippen LogP contribution is -2.20. The van der Waals surface area contributed by atoms with Gasteiger partial charge in [0.2, 0.25) is 0 Å². The molecule has 22 heavy (non-hydrogen) atoms. The maximum absolute atomic E-state index is 12.5. The summed E-state index contributed by atoms with van der Waals surface area (Å²) in [6.45, 7) is 0. The molecule has 0 aliphatic rings. The minimum absolute atomic E-state index is 0.0847. The molecule has 5 heteroatoms. The third-order valence-electron chi connectivity index (χ3n) is 3.63. The third kappa shape index (κ3) is 2.20. The fourth-order valence-electron chi connectivity index (χ4n) is 2.44. The van der Waals surface area contributed by atoms with Gasteiger partial charge in [-0.05, 0) is 24.3 Å². The minimum Gasteiger partial charge on any atom is -0.497 e. The molecule has 1 aromatic heterocycles. The van der Waals surface area contributed by atoms with E-state index in [0.29, 0.717) is 28.2 Å². The number of aromatic nitrogens is 2. The second-order valence-electron chi connectivity index (χ2n) is 4.88. The molecule has 3 rings (SSSR count). The predicted octanol–water partition coefficient (Wildman–Crippen LogP) is 2.62. The van der Waals surface area contributed by atoms with E-state index in [0.717, 1.165) is 5.56 Å². The van der Waals surface area contributed by atoms with E-state index in [9.17, 15) is 4.79 Å². The number of rotatable bonds is 3. The zero-order valence-corrected chi connectivity index (χ0v) is 12.7. The van der Waals surface area contributed by atoms with E-state index in [4.69, 9.17) is 9.47 Å². The maximum atomic E-state index is 12.5. The normalized spacial score (nSPS) is 10.7. The number of nitrogens with zero attached hydrogens (tertiary/aromatic N) is 2. The monoisotopic (exact) mass is 296 g/mol. The van der Waals surface area contributed by atoms with Crippen molar-refractivity contribution < 1.29 is 9.47 Å². The Morgan fingerprint density at radius 1 is 1.05 bits per heavy atom. The molecule has 0 N–H and O–H groups in total. The number of fused-ring (bicyclic) bond motifs is 1. The van der Waals surface area contributed by atoms with E-state index >= 15 is 0 Å². The van der Waals surface area contributed by atoms with Gasteiger partial charge in [0, 0.05) is 13.1 Å². The number of para-hydroxylation sites is 1. The summed E-state index contributed by atoms with van der Waals surface area (Å²) in [5.74, 6) is 1.85. The largest absolute Gasteiger partial charge is 0.497 e. The summed E-state index contributed by atoms with van der Waals surface area (Å²) >= 11 is 0. The van der Waals surface area contributed by atoms with Crippen molar-refractivity contribution in [2.75, 3.05) is 14.2 Å². The minimum atomic E-state index is -0.0847. The van der Waals surface area contributed by atoms with Crippen molar-refractivity contribution in [3.63, 3.8) is 0 Å². The molecule has 0 unspecified atom stereocenters. The summed E-state index contributed by atoms with van der Waals surface area (Å²) < 4.78 is 12.2. The summed E-state index contributed by atoms with van der Waals surface area (Å²) in [5.41, 5.74) is 1.32. The Morgan fingerprint density at radius 2 is 1.82 bits per heavy atom. The Labute approximate surface area is 127 Å². The number of ether oxygens (including phenoxy) is 2. The average molecular weight is 296 g/mol. The lowest BCUT2D eigenvalue weighted by molar-refractivity contribution is 0.395. The molecule has 0 aliphatic heterocycles. The van der Waals surface area contributed by atoms with Crippen LogP contribution in [0.2, 0.25) is 0 Å². The second kappa shape index (κ2) is 5.52. The second-order valence-corrected chi connectivity index (χ2v) is 4.88. The van der Waals surface area contributed by atoms with E-state index in [-0.39, 0.29) is 5.56 Å². The molecule has 0 amide bonds. The number of benzene rings is 2. The average Bonchev–Trinajstić information content (AvgIpc) is 2.57. The molecular formula is C17H16N2O3. The fraction of sp³-hybridized carbons (Fsp3) is 0.176. The SMILES string of the molecule is COc1ccc(-c2nc3ccccc3c(=O)n2C)c(OC)c1. The highest BCUT2D eigenvalue weighted by atomic mass is 16.5. The molecule has 0 aliphatic carbocycles. The van der Waals surface area contributed by atoms with Crippen molar-refractivity contribution in [2.24, 2.45) is 7.05 Å². The smallest absolute Gasteiger partial charge is 0.261 e. The van der Waals surface area contributed by atoms with Crippen LogP contribution >= 0.6 is 0 Å². The molecule has 5 nitrogen and oxygen atoms in total. The van der Waals surface area contributed by atoms with Crippen LogP contribution in [0, 0.1) is 0 Å². The van der Waals surface area contributed by atoms with E-state index in [1.807, 2.05) is 30.3 Å². The van der Waals surface area contributed by atoms with E-state index in [1.165, 1.54) is 4.57 Å². The Balaban J connectivity index is 2.31. The first kappa shape index (κ1) is 14.1. The van der Waals surface area contributed by atoms with Crippen LogP contribution in [0.3, 0.4) is 0 Å². The molecule has 0 radical (unpaired) electrons. The van der Waals surface area contributed by atoms with Crippen molar-refractivity contribution >= 4 is 10.9 Å². The van der Waals surface area contributed by atoms with Crippen LogP contribution in [0.5, 0.6) is 11.5 Å². The van der Waals surface area contributed by atoms with Crippen molar-refractivity contribution in [3.8, 4) is 22.9 Å². The molecule has 2 aromatic carbocycles. The summed E-state index contributed by atoms with van der Waals surface area (Å²) in [6.07, 6.45) is 0. The van der Waals surface area contributed by atoms with Gasteiger partial charge in [-0.1, -0.05) is 12.1 Å². The molecular weight excluding hydrogens is 280 g/mol. The molecule has 0 spiro atoms. The lowest BCUT2D eigenvalue weighted by atomic mass is 10.1. The Morgan fingerprint density at radius 3 is 2.55 bits per heavy atom. The van der Waals surface area contributed by atoms with Gasteiger partial charge in [0.15, 0.2) is 0 Å². The van der Waals surface area contributed by atoms with Gasteiger partial charge in [-0.2, -0.15) is 0 Å². The highest BCUT2D eigenvalue weighted by molar-refractivity contribution is 5.80. The first-order valence-electron chi connectivity index (χ1n) is 6.84. The van der Waals surface area contributed by atoms with Crippen LogP contribution in [-0.4, -0.2) is 23.8 Å². The van der Waals surface area contributed by atoms with E-state index in [2.05, 4.69) is 4.98 Å². The summed E-state index contributed by atoms with van der Waals surface area (Å²) in [6, 6.07) is 12.7. The van der Waals surface area contributed by atoms with Crippen LogP contribution < -0.4 is 15.0 Å². The molecule has 1 heterocycles. The van der Waals surface area contributed by atoms with Crippen LogP contribution in [0.25, 0.3) is 22.3 Å². The van der Waals surface area contributed by atoms with Crippen molar-refractivity contribution in [1.82, 2.24) is 9.55 Å². The Bertz CT molecular complexity index is 900. The van der Waals surface area contributed by atoms with Gasteiger partial charge in [-0.15, -0.1) is 0 Å².